The standard InChI is InChI=1S/C26H29F3N6O2.CH2O2/c1-25(2,36-3)15-37-20-6-4-5-16-7-9-19(31-22(16)20)24-33-32-21-10-8-17(13-35(21)24)23(26(27,28)29)34-12-11-18(30)14-34;2-1-3/h4-10,13,18,23H,11-12,14-15,30H2,1-3H3;1H,(H,2,3)/t18?,23-;/m1./s1. The number of carboxylic acid groups (broad SMARTS) is 1. The molecule has 0 saturated carbocycles. The number of para-hydroxylation sites is 1. The third-order valence-electron chi connectivity index (χ3n) is 6.71. The lowest BCUT2D eigenvalue weighted by atomic mass is 10.1. The number of rotatable bonds is 7. The maximum absolute atomic E-state index is 14.2. The SMILES string of the molecule is COC(C)(C)COc1cccc2ccc(-c3nnc4ccc([C@@H](N5CCC(N)C5)C(F)(F)F)cn34)nc12.O=CO. The van der Waals surface area contributed by atoms with Gasteiger partial charge in [-0.25, -0.2) is 4.98 Å². The highest BCUT2D eigenvalue weighted by Gasteiger charge is 2.46. The third kappa shape index (κ3) is 6.32. The zero-order chi connectivity index (χ0) is 29.1. The van der Waals surface area contributed by atoms with E-state index in [-0.39, 0.29) is 31.2 Å². The predicted octanol–water partition coefficient (Wildman–Crippen LogP) is 4.09. The Hall–Kier alpha value is -3.81. The zero-order valence-electron chi connectivity index (χ0n) is 22.3. The fraction of sp³-hybridized carbons (Fsp3) is 0.407. The lowest BCUT2D eigenvalue weighted by Crippen LogP contribution is -2.38. The summed E-state index contributed by atoms with van der Waals surface area (Å²) in [6.07, 6.45) is -2.49. The highest BCUT2D eigenvalue weighted by molar-refractivity contribution is 5.86. The maximum atomic E-state index is 14.2. The van der Waals surface area contributed by atoms with E-state index in [9.17, 15) is 13.2 Å². The molecule has 3 aromatic heterocycles. The number of pyridine rings is 2. The van der Waals surface area contributed by atoms with Gasteiger partial charge in [-0.1, -0.05) is 24.3 Å². The van der Waals surface area contributed by atoms with Gasteiger partial charge >= 0.3 is 6.18 Å². The number of methoxy groups -OCH3 is 1. The van der Waals surface area contributed by atoms with Gasteiger partial charge in [-0.05, 0) is 44.0 Å². The average molecular weight is 561 g/mol. The number of hydrogen-bond acceptors (Lipinski definition) is 8. The van der Waals surface area contributed by atoms with Crippen LogP contribution in [0.25, 0.3) is 28.1 Å². The van der Waals surface area contributed by atoms with Crippen LogP contribution in [0.5, 0.6) is 5.75 Å². The Kier molecular flexibility index (Phi) is 8.57. The molecule has 40 heavy (non-hydrogen) atoms. The molecule has 1 unspecified atom stereocenters. The maximum Gasteiger partial charge on any atom is 0.408 e. The van der Waals surface area contributed by atoms with Crippen molar-refractivity contribution in [3.63, 3.8) is 0 Å². The summed E-state index contributed by atoms with van der Waals surface area (Å²) in [4.78, 5) is 14.5. The molecule has 1 saturated heterocycles. The molecule has 0 aliphatic carbocycles. The van der Waals surface area contributed by atoms with E-state index in [2.05, 4.69) is 10.2 Å². The summed E-state index contributed by atoms with van der Waals surface area (Å²) in [7, 11) is 1.62. The van der Waals surface area contributed by atoms with E-state index in [1.54, 1.807) is 23.6 Å². The Morgan fingerprint density at radius 3 is 2.58 bits per heavy atom. The average Bonchev–Trinajstić information content (AvgIpc) is 3.53. The van der Waals surface area contributed by atoms with E-state index in [1.807, 2.05) is 38.1 Å². The van der Waals surface area contributed by atoms with Gasteiger partial charge in [0.15, 0.2) is 11.5 Å². The lowest BCUT2D eigenvalue weighted by molar-refractivity contribution is -0.183. The summed E-state index contributed by atoms with van der Waals surface area (Å²) in [5.41, 5.74) is 7.01. The number of fused-ring (bicyclic) bond motifs is 2. The van der Waals surface area contributed by atoms with Crippen LogP contribution in [-0.4, -0.2) is 80.7 Å². The molecule has 4 aromatic rings. The third-order valence-corrected chi connectivity index (χ3v) is 6.71. The second-order valence-corrected chi connectivity index (χ2v) is 10.1. The van der Waals surface area contributed by atoms with Crippen molar-refractivity contribution in [2.45, 2.75) is 44.1 Å². The number of nitrogens with two attached hydrogens (primary N) is 1. The van der Waals surface area contributed by atoms with Crippen molar-refractivity contribution in [2.24, 2.45) is 5.73 Å². The van der Waals surface area contributed by atoms with Gasteiger partial charge in [-0.15, -0.1) is 10.2 Å². The van der Waals surface area contributed by atoms with Crippen molar-refractivity contribution in [3.8, 4) is 17.3 Å². The molecule has 5 rings (SSSR count). The Labute approximate surface area is 228 Å². The Bertz CT molecular complexity index is 1480. The van der Waals surface area contributed by atoms with E-state index in [1.165, 1.54) is 17.2 Å². The van der Waals surface area contributed by atoms with Crippen LogP contribution < -0.4 is 10.5 Å². The van der Waals surface area contributed by atoms with Crippen LogP contribution in [0.1, 0.15) is 31.9 Å². The number of likely N-dealkylation sites (tertiary alicyclic amines) is 1. The highest BCUT2D eigenvalue weighted by atomic mass is 19.4. The summed E-state index contributed by atoms with van der Waals surface area (Å²) in [5.74, 6) is 0.909. The molecule has 4 heterocycles. The normalized spacial score (nSPS) is 17.0. The van der Waals surface area contributed by atoms with Crippen molar-refractivity contribution in [1.82, 2.24) is 24.5 Å². The first kappa shape index (κ1) is 29.2. The van der Waals surface area contributed by atoms with Gasteiger partial charge in [0, 0.05) is 37.8 Å². The second-order valence-electron chi connectivity index (χ2n) is 10.1. The van der Waals surface area contributed by atoms with Gasteiger partial charge in [0.1, 0.15) is 29.6 Å². The smallest absolute Gasteiger partial charge is 0.408 e. The summed E-state index contributed by atoms with van der Waals surface area (Å²) >= 11 is 0. The first-order valence-corrected chi connectivity index (χ1v) is 12.5. The number of ether oxygens (including phenoxy) is 2. The van der Waals surface area contributed by atoms with Crippen molar-refractivity contribution in [3.05, 3.63) is 54.2 Å². The minimum atomic E-state index is -4.46. The predicted molar refractivity (Wildman–Crippen MR) is 142 cm³/mol. The van der Waals surface area contributed by atoms with Crippen molar-refractivity contribution in [1.29, 1.82) is 0 Å². The molecule has 1 aliphatic heterocycles. The first-order chi connectivity index (χ1) is 19.0. The van der Waals surface area contributed by atoms with Crippen LogP contribution in [0.2, 0.25) is 0 Å². The minimum Gasteiger partial charge on any atom is -0.488 e. The van der Waals surface area contributed by atoms with Gasteiger partial charge in [0.05, 0.1) is 5.60 Å². The molecular weight excluding hydrogens is 529 g/mol. The number of aromatic nitrogens is 4. The van der Waals surface area contributed by atoms with Crippen LogP contribution in [0, 0.1) is 0 Å². The Morgan fingerprint density at radius 2 is 1.93 bits per heavy atom. The summed E-state index contributed by atoms with van der Waals surface area (Å²) in [6, 6.07) is 10.2. The Balaban J connectivity index is 0.00000118. The van der Waals surface area contributed by atoms with Gasteiger partial charge in [-0.2, -0.15) is 13.2 Å². The number of hydrogen-bond donors (Lipinski definition) is 2. The van der Waals surface area contributed by atoms with Crippen LogP contribution in [0.3, 0.4) is 0 Å². The number of alkyl halides is 3. The highest BCUT2D eigenvalue weighted by Crippen LogP contribution is 2.39. The van der Waals surface area contributed by atoms with Crippen LogP contribution in [0.4, 0.5) is 13.2 Å². The van der Waals surface area contributed by atoms with Crippen molar-refractivity contribution in [2.75, 3.05) is 26.8 Å². The van der Waals surface area contributed by atoms with Gasteiger partial charge in [-0.3, -0.25) is 14.1 Å². The monoisotopic (exact) mass is 560 g/mol. The number of carbonyl (C=O) groups is 1. The quantitative estimate of drug-likeness (QED) is 0.321. The largest absolute Gasteiger partial charge is 0.488 e. The van der Waals surface area contributed by atoms with E-state index in [0.717, 1.165) is 5.39 Å². The van der Waals surface area contributed by atoms with E-state index < -0.39 is 17.8 Å². The summed E-state index contributed by atoms with van der Waals surface area (Å²) in [6.45, 7) is 4.37. The summed E-state index contributed by atoms with van der Waals surface area (Å²) in [5, 5.41) is 16.2. The lowest BCUT2D eigenvalue weighted by Gasteiger charge is -2.30. The van der Waals surface area contributed by atoms with Crippen molar-refractivity contribution < 1.29 is 32.5 Å². The van der Waals surface area contributed by atoms with Crippen LogP contribution in [0.15, 0.2) is 48.7 Å². The van der Waals surface area contributed by atoms with E-state index >= 15 is 0 Å². The minimum absolute atomic E-state index is 0.0989. The molecule has 0 spiro atoms. The van der Waals surface area contributed by atoms with E-state index in [0.29, 0.717) is 41.5 Å². The first-order valence-electron chi connectivity index (χ1n) is 12.5. The fourth-order valence-corrected chi connectivity index (χ4v) is 4.57. The van der Waals surface area contributed by atoms with Crippen molar-refractivity contribution >= 4 is 23.0 Å². The number of halogens is 3. The van der Waals surface area contributed by atoms with Crippen LogP contribution >= 0.6 is 0 Å². The van der Waals surface area contributed by atoms with Gasteiger partial charge in [0.2, 0.25) is 0 Å². The second kappa shape index (κ2) is 11.7. The molecule has 0 amide bonds. The molecule has 1 fully saturated rings. The molecule has 0 bridgehead atoms. The van der Waals surface area contributed by atoms with E-state index in [4.69, 9.17) is 30.1 Å². The fourth-order valence-electron chi connectivity index (χ4n) is 4.57. The molecule has 214 valence electrons. The molecule has 1 aromatic carbocycles. The molecule has 13 heteroatoms. The molecule has 10 nitrogen and oxygen atoms in total. The Morgan fingerprint density at radius 1 is 1.18 bits per heavy atom. The zero-order valence-corrected chi connectivity index (χ0v) is 22.3. The molecule has 2 atom stereocenters. The van der Waals surface area contributed by atoms with Gasteiger partial charge < -0.3 is 20.3 Å². The van der Waals surface area contributed by atoms with Gasteiger partial charge in [0.25, 0.3) is 6.47 Å². The van der Waals surface area contributed by atoms with Crippen LogP contribution in [-0.2, 0) is 9.53 Å². The molecule has 3 N–H and O–H groups in total. The summed E-state index contributed by atoms with van der Waals surface area (Å²) < 4.78 is 55.5. The molecule has 0 radical (unpaired) electrons. The molecular formula is C27H31F3N6O4. The molecule has 1 aliphatic rings. The topological polar surface area (TPSA) is 128 Å². The number of nitrogens with zero attached hydrogens (tertiary/aromatic N) is 5. The number of benzene rings is 1.